The fourth-order valence-electron chi connectivity index (χ4n) is 6.16. The van der Waals surface area contributed by atoms with Gasteiger partial charge >= 0.3 is 0 Å². The first-order valence-electron chi connectivity index (χ1n) is 11.2. The second-order valence-electron chi connectivity index (χ2n) is 9.13. The number of likely N-dealkylation sites (tertiary alicyclic amines) is 2. The van der Waals surface area contributed by atoms with Crippen LogP contribution >= 0.6 is 0 Å². The zero-order chi connectivity index (χ0) is 22.2. The molecule has 0 aromatic heterocycles. The van der Waals surface area contributed by atoms with Gasteiger partial charge < -0.3 is 24.0 Å². The lowest BCUT2D eigenvalue weighted by atomic mass is 9.61. The summed E-state index contributed by atoms with van der Waals surface area (Å²) in [6.07, 6.45) is 3.99. The van der Waals surface area contributed by atoms with Gasteiger partial charge in [0, 0.05) is 31.5 Å². The van der Waals surface area contributed by atoms with Crippen LogP contribution in [0.5, 0.6) is 11.5 Å². The molecule has 31 heavy (non-hydrogen) atoms. The van der Waals surface area contributed by atoms with E-state index in [1.807, 2.05) is 24.1 Å². The molecule has 2 heterocycles. The minimum Gasteiger partial charge on any atom is -0.493 e. The smallest absolute Gasteiger partial charge is 0.235 e. The third-order valence-electron chi connectivity index (χ3n) is 7.68. The minimum atomic E-state index is -0.633. The largest absolute Gasteiger partial charge is 0.493 e. The zero-order valence-electron chi connectivity index (χ0n) is 19.1. The number of likely N-dealkylation sites (N-methyl/N-ethyl adjacent to an activating group) is 1. The lowest BCUT2D eigenvalue weighted by Crippen LogP contribution is -2.58. The Morgan fingerprint density at radius 2 is 1.90 bits per heavy atom. The van der Waals surface area contributed by atoms with Crippen LogP contribution in [0.3, 0.4) is 0 Å². The number of fused-ring (bicyclic) bond motifs is 1. The summed E-state index contributed by atoms with van der Waals surface area (Å²) in [6, 6.07) is 5.96. The molecule has 1 unspecified atom stereocenters. The summed E-state index contributed by atoms with van der Waals surface area (Å²) in [5.74, 6) is 0.786. The molecule has 0 spiro atoms. The standard InChI is InChI=1S/C24H34N2O5/c1-25-13-11-24(16-7-8-19(30-3)20(14-16)31-4)10-9-18(27)21(22(24)25)23(28)26-12-5-6-17(26)15-29-2/h7-8,14,17,21-22H,5-6,9-13,15H2,1-4H3/t17-,21?,22+,24+/m0/s1. The number of nitrogens with zero attached hydrogens (tertiary/aromatic N) is 2. The van der Waals surface area contributed by atoms with Gasteiger partial charge in [-0.25, -0.2) is 0 Å². The quantitative estimate of drug-likeness (QED) is 0.645. The fraction of sp³-hybridized carbons (Fsp3) is 0.667. The van der Waals surface area contributed by atoms with E-state index in [0.29, 0.717) is 31.1 Å². The SMILES string of the molecule is COC[C@@H]1CCCN1C(=O)C1C(=O)CC[C@]2(c3ccc(OC)c(OC)c3)CCN(C)[C@H]12. The number of benzene rings is 1. The molecule has 0 bridgehead atoms. The van der Waals surface area contributed by atoms with Gasteiger partial charge in [-0.15, -0.1) is 0 Å². The number of amides is 1. The number of hydrogen-bond donors (Lipinski definition) is 0. The average molecular weight is 431 g/mol. The van der Waals surface area contributed by atoms with E-state index in [4.69, 9.17) is 14.2 Å². The molecule has 3 fully saturated rings. The average Bonchev–Trinajstić information content (AvgIpc) is 3.38. The van der Waals surface area contributed by atoms with E-state index >= 15 is 0 Å². The van der Waals surface area contributed by atoms with Gasteiger partial charge in [0.1, 0.15) is 11.7 Å². The van der Waals surface area contributed by atoms with Crippen LogP contribution in [0, 0.1) is 5.92 Å². The lowest BCUT2D eigenvalue weighted by Gasteiger charge is -2.46. The van der Waals surface area contributed by atoms with Crippen molar-refractivity contribution in [3.05, 3.63) is 23.8 Å². The predicted molar refractivity (Wildman–Crippen MR) is 117 cm³/mol. The summed E-state index contributed by atoms with van der Waals surface area (Å²) >= 11 is 0. The third kappa shape index (κ3) is 3.61. The highest BCUT2D eigenvalue weighted by Crippen LogP contribution is 2.51. The molecule has 7 heteroatoms. The minimum absolute atomic E-state index is 0.0205. The van der Waals surface area contributed by atoms with Crippen LogP contribution in [0.1, 0.15) is 37.7 Å². The molecule has 1 aromatic carbocycles. The van der Waals surface area contributed by atoms with Gasteiger partial charge in [-0.3, -0.25) is 9.59 Å². The van der Waals surface area contributed by atoms with Crippen LogP contribution in [-0.4, -0.2) is 81.6 Å². The highest BCUT2D eigenvalue weighted by molar-refractivity contribution is 6.03. The molecule has 1 amide bonds. The van der Waals surface area contributed by atoms with Gasteiger partial charge in [0.15, 0.2) is 11.5 Å². The summed E-state index contributed by atoms with van der Waals surface area (Å²) in [7, 11) is 6.97. The van der Waals surface area contributed by atoms with E-state index in [-0.39, 0.29) is 29.2 Å². The molecular weight excluding hydrogens is 396 g/mol. The Bertz CT molecular complexity index is 843. The summed E-state index contributed by atoms with van der Waals surface area (Å²) in [4.78, 5) is 31.1. The number of ketones is 1. The Morgan fingerprint density at radius 1 is 1.13 bits per heavy atom. The van der Waals surface area contributed by atoms with Crippen molar-refractivity contribution < 1.29 is 23.8 Å². The molecule has 1 aliphatic carbocycles. The van der Waals surface area contributed by atoms with Crippen molar-refractivity contribution in [2.24, 2.45) is 5.92 Å². The van der Waals surface area contributed by atoms with Crippen LogP contribution in [0.25, 0.3) is 0 Å². The van der Waals surface area contributed by atoms with Crippen molar-refractivity contribution in [3.8, 4) is 11.5 Å². The molecule has 2 aliphatic heterocycles. The maximum atomic E-state index is 13.8. The van der Waals surface area contributed by atoms with Gasteiger partial charge in [-0.2, -0.15) is 0 Å². The van der Waals surface area contributed by atoms with Crippen molar-refractivity contribution in [1.29, 1.82) is 0 Å². The van der Waals surface area contributed by atoms with E-state index in [1.165, 1.54) is 0 Å². The molecule has 1 saturated carbocycles. The van der Waals surface area contributed by atoms with E-state index in [9.17, 15) is 9.59 Å². The van der Waals surface area contributed by atoms with Crippen LogP contribution in [0.2, 0.25) is 0 Å². The van der Waals surface area contributed by atoms with Gasteiger partial charge in [-0.1, -0.05) is 6.07 Å². The number of hydrogen-bond acceptors (Lipinski definition) is 6. The highest BCUT2D eigenvalue weighted by atomic mass is 16.5. The molecule has 4 rings (SSSR count). The Morgan fingerprint density at radius 3 is 2.61 bits per heavy atom. The van der Waals surface area contributed by atoms with Crippen LogP contribution in [-0.2, 0) is 19.7 Å². The number of carbonyl (C=O) groups excluding carboxylic acids is 2. The van der Waals surface area contributed by atoms with Gasteiger partial charge in [0.05, 0.1) is 26.9 Å². The number of rotatable bonds is 6. The molecule has 170 valence electrons. The summed E-state index contributed by atoms with van der Waals surface area (Å²) in [5, 5.41) is 0. The molecule has 0 radical (unpaired) electrons. The Labute approximate surface area is 184 Å². The molecule has 7 nitrogen and oxygen atoms in total. The normalized spacial score (nSPS) is 31.0. The molecule has 4 atom stereocenters. The number of ether oxygens (including phenoxy) is 3. The van der Waals surface area contributed by atoms with Crippen LogP contribution in [0.15, 0.2) is 18.2 Å². The number of Topliss-reactive ketones (excluding diaryl/α,β-unsaturated/α-hetero) is 1. The van der Waals surface area contributed by atoms with Crippen molar-refractivity contribution >= 4 is 11.7 Å². The number of carbonyl (C=O) groups is 2. The first-order valence-corrected chi connectivity index (χ1v) is 11.2. The van der Waals surface area contributed by atoms with E-state index in [2.05, 4.69) is 11.0 Å². The molecule has 2 saturated heterocycles. The zero-order valence-corrected chi connectivity index (χ0v) is 19.1. The van der Waals surface area contributed by atoms with Crippen LogP contribution in [0.4, 0.5) is 0 Å². The molecular formula is C24H34N2O5. The van der Waals surface area contributed by atoms with E-state index in [1.54, 1.807) is 21.3 Å². The monoisotopic (exact) mass is 430 g/mol. The topological polar surface area (TPSA) is 68.3 Å². The van der Waals surface area contributed by atoms with E-state index < -0.39 is 5.92 Å². The summed E-state index contributed by atoms with van der Waals surface area (Å²) < 4.78 is 16.3. The fourth-order valence-corrected chi connectivity index (χ4v) is 6.16. The van der Waals surface area contributed by atoms with Crippen molar-refractivity contribution in [1.82, 2.24) is 9.80 Å². The van der Waals surface area contributed by atoms with Gasteiger partial charge in [0.25, 0.3) is 0 Å². The maximum Gasteiger partial charge on any atom is 0.235 e. The second kappa shape index (κ2) is 8.79. The second-order valence-corrected chi connectivity index (χ2v) is 9.13. The Kier molecular flexibility index (Phi) is 6.26. The van der Waals surface area contributed by atoms with E-state index in [0.717, 1.165) is 37.8 Å². The third-order valence-corrected chi connectivity index (χ3v) is 7.68. The molecule has 1 aromatic rings. The first-order chi connectivity index (χ1) is 15.0. The lowest BCUT2D eigenvalue weighted by molar-refractivity contribution is -0.148. The summed E-state index contributed by atoms with van der Waals surface area (Å²) in [6.45, 7) is 2.09. The van der Waals surface area contributed by atoms with Gasteiger partial charge in [-0.05, 0) is 57.0 Å². The van der Waals surface area contributed by atoms with Crippen molar-refractivity contribution in [2.45, 2.75) is 49.6 Å². The number of methoxy groups -OCH3 is 3. The first kappa shape index (κ1) is 22.1. The molecule has 0 N–H and O–H groups in total. The highest BCUT2D eigenvalue weighted by Gasteiger charge is 2.58. The molecule has 3 aliphatic rings. The van der Waals surface area contributed by atoms with Crippen molar-refractivity contribution in [2.75, 3.05) is 48.1 Å². The summed E-state index contributed by atoms with van der Waals surface area (Å²) in [5.41, 5.74) is 0.874. The van der Waals surface area contributed by atoms with Crippen molar-refractivity contribution in [3.63, 3.8) is 0 Å². The predicted octanol–water partition coefficient (Wildman–Crippen LogP) is 2.26. The van der Waals surface area contributed by atoms with Gasteiger partial charge in [0.2, 0.25) is 5.91 Å². The Hall–Kier alpha value is -2.12. The maximum absolute atomic E-state index is 13.8. The Balaban J connectivity index is 1.72. The van der Waals surface area contributed by atoms with Crippen LogP contribution < -0.4 is 9.47 Å².